The van der Waals surface area contributed by atoms with Gasteiger partial charge in [0.25, 0.3) is 5.91 Å². The van der Waals surface area contributed by atoms with Gasteiger partial charge >= 0.3 is 0 Å². The summed E-state index contributed by atoms with van der Waals surface area (Å²) in [6.07, 6.45) is 5.19. The smallest absolute Gasteiger partial charge is 0.267 e. The number of amides is 1. The normalized spacial score (nSPS) is 16.0. The van der Waals surface area contributed by atoms with Crippen molar-refractivity contribution in [1.29, 1.82) is 0 Å². The Bertz CT molecular complexity index is 1020. The van der Waals surface area contributed by atoms with Crippen LogP contribution >= 0.6 is 0 Å². The van der Waals surface area contributed by atoms with Crippen molar-refractivity contribution in [3.05, 3.63) is 36.2 Å². The van der Waals surface area contributed by atoms with Crippen molar-refractivity contribution in [3.8, 4) is 17.1 Å². The number of rotatable bonds is 5. The molecule has 7 heteroatoms. The van der Waals surface area contributed by atoms with Gasteiger partial charge in [-0.2, -0.15) is 0 Å². The molecule has 1 saturated carbocycles. The van der Waals surface area contributed by atoms with Crippen LogP contribution in [0.5, 0.6) is 5.75 Å². The average Bonchev–Trinajstić information content (AvgIpc) is 3.46. The molecule has 5 rings (SSSR count). The maximum Gasteiger partial charge on any atom is 0.267 e. The van der Waals surface area contributed by atoms with Gasteiger partial charge in [0, 0.05) is 36.6 Å². The molecule has 0 bridgehead atoms. The fraction of sp³-hybridized carbons (Fsp3) is 0.350. The molecule has 3 N–H and O–H groups in total. The van der Waals surface area contributed by atoms with Crippen LogP contribution in [-0.4, -0.2) is 33.6 Å². The van der Waals surface area contributed by atoms with Gasteiger partial charge in [-0.25, -0.2) is 4.98 Å². The van der Waals surface area contributed by atoms with Crippen molar-refractivity contribution >= 4 is 22.6 Å². The van der Waals surface area contributed by atoms with Gasteiger partial charge in [0.05, 0.1) is 12.1 Å². The molecule has 2 aliphatic rings. The highest BCUT2D eigenvalue weighted by Gasteiger charge is 2.23. The summed E-state index contributed by atoms with van der Waals surface area (Å²) in [6, 6.07) is 7.64. The standard InChI is InChI=1S/C20H21N5O2/c21-19(26)15-5-4-13(11-23-15)20-24-16-8-14(22-10-12-2-3-12)9-17-18(16)25(20)6-1-7-27-17/h4-5,8-9,11-12,22H,1-3,6-7,10H2,(H2,21,26). The van der Waals surface area contributed by atoms with E-state index in [0.29, 0.717) is 6.61 Å². The van der Waals surface area contributed by atoms with Crippen LogP contribution in [0.1, 0.15) is 29.8 Å². The number of nitrogens with one attached hydrogen (secondary N) is 1. The minimum Gasteiger partial charge on any atom is -0.491 e. The second kappa shape index (κ2) is 6.26. The predicted molar refractivity (Wildman–Crippen MR) is 103 cm³/mol. The van der Waals surface area contributed by atoms with E-state index >= 15 is 0 Å². The lowest BCUT2D eigenvalue weighted by molar-refractivity contribution is 0.0995. The summed E-state index contributed by atoms with van der Waals surface area (Å²) in [6.45, 7) is 2.50. The van der Waals surface area contributed by atoms with E-state index in [1.165, 1.54) is 12.8 Å². The van der Waals surface area contributed by atoms with Gasteiger partial charge in [-0.05, 0) is 43.4 Å². The number of nitrogens with zero attached hydrogens (tertiary/aromatic N) is 3. The van der Waals surface area contributed by atoms with Crippen molar-refractivity contribution in [2.24, 2.45) is 11.7 Å². The quantitative estimate of drug-likeness (QED) is 0.727. The fourth-order valence-corrected chi connectivity index (χ4v) is 3.54. The van der Waals surface area contributed by atoms with Gasteiger partial charge in [-0.1, -0.05) is 0 Å². The molecule has 1 aromatic carbocycles. The van der Waals surface area contributed by atoms with Crippen LogP contribution < -0.4 is 15.8 Å². The highest BCUT2D eigenvalue weighted by molar-refractivity contribution is 5.92. The zero-order valence-electron chi connectivity index (χ0n) is 14.9. The number of nitrogens with two attached hydrogens (primary N) is 1. The summed E-state index contributed by atoms with van der Waals surface area (Å²) in [7, 11) is 0. The number of aryl methyl sites for hydroxylation is 1. The van der Waals surface area contributed by atoms with Crippen LogP contribution in [0.2, 0.25) is 0 Å². The van der Waals surface area contributed by atoms with E-state index < -0.39 is 5.91 Å². The van der Waals surface area contributed by atoms with Crippen LogP contribution in [0, 0.1) is 5.92 Å². The summed E-state index contributed by atoms with van der Waals surface area (Å²) in [5.74, 6) is 1.96. The molecule has 27 heavy (non-hydrogen) atoms. The van der Waals surface area contributed by atoms with E-state index in [0.717, 1.165) is 59.3 Å². The van der Waals surface area contributed by atoms with E-state index in [4.69, 9.17) is 15.5 Å². The number of imidazole rings is 1. The molecule has 1 aliphatic heterocycles. The number of hydrogen-bond donors (Lipinski definition) is 2. The molecule has 0 atom stereocenters. The number of ether oxygens (including phenoxy) is 1. The van der Waals surface area contributed by atoms with Crippen LogP contribution in [0.15, 0.2) is 30.5 Å². The maximum absolute atomic E-state index is 11.3. The summed E-state index contributed by atoms with van der Waals surface area (Å²) in [5, 5.41) is 3.51. The largest absolute Gasteiger partial charge is 0.491 e. The Morgan fingerprint density at radius 3 is 2.96 bits per heavy atom. The number of aromatic nitrogens is 3. The van der Waals surface area contributed by atoms with E-state index in [1.54, 1.807) is 12.3 Å². The Balaban J connectivity index is 1.59. The summed E-state index contributed by atoms with van der Waals surface area (Å²) < 4.78 is 8.19. The molecule has 0 radical (unpaired) electrons. The predicted octanol–water partition coefficient (Wildman–Crippen LogP) is 2.80. The van der Waals surface area contributed by atoms with Gasteiger partial charge in [0.2, 0.25) is 0 Å². The first-order chi connectivity index (χ1) is 13.2. The summed E-state index contributed by atoms with van der Waals surface area (Å²) >= 11 is 0. The van der Waals surface area contributed by atoms with Crippen LogP contribution in [0.4, 0.5) is 5.69 Å². The average molecular weight is 363 g/mol. The van der Waals surface area contributed by atoms with Gasteiger partial charge in [-0.3, -0.25) is 9.78 Å². The molecular weight excluding hydrogens is 342 g/mol. The molecule has 0 saturated heterocycles. The topological polar surface area (TPSA) is 95.1 Å². The molecule has 1 amide bonds. The third-order valence-electron chi connectivity index (χ3n) is 5.16. The second-order valence-corrected chi connectivity index (χ2v) is 7.25. The number of hydrogen-bond acceptors (Lipinski definition) is 5. The molecule has 3 heterocycles. The van der Waals surface area contributed by atoms with E-state index in [2.05, 4.69) is 27.0 Å². The van der Waals surface area contributed by atoms with Crippen molar-refractivity contribution in [1.82, 2.24) is 14.5 Å². The van der Waals surface area contributed by atoms with Gasteiger partial charge in [0.15, 0.2) is 0 Å². The number of carbonyl (C=O) groups excluding carboxylic acids is 1. The molecule has 0 spiro atoms. The molecule has 2 aromatic heterocycles. The summed E-state index contributed by atoms with van der Waals surface area (Å²) in [5.41, 5.74) is 9.37. The Hall–Kier alpha value is -3.09. The molecule has 138 valence electrons. The first-order valence-electron chi connectivity index (χ1n) is 9.36. The van der Waals surface area contributed by atoms with Crippen molar-refractivity contribution in [2.75, 3.05) is 18.5 Å². The number of carbonyl (C=O) groups is 1. The minimum absolute atomic E-state index is 0.251. The van der Waals surface area contributed by atoms with Gasteiger partial charge in [0.1, 0.15) is 22.8 Å². The lowest BCUT2D eigenvalue weighted by Gasteiger charge is -2.10. The SMILES string of the molecule is NC(=O)c1ccc(-c2nc3cc(NCC4CC4)cc4c3n2CCCO4)cn1. The van der Waals surface area contributed by atoms with Crippen molar-refractivity contribution in [3.63, 3.8) is 0 Å². The van der Waals surface area contributed by atoms with E-state index in [9.17, 15) is 4.79 Å². The van der Waals surface area contributed by atoms with Gasteiger partial charge in [-0.15, -0.1) is 0 Å². The molecule has 1 aliphatic carbocycles. The lowest BCUT2D eigenvalue weighted by Crippen LogP contribution is -2.12. The zero-order valence-corrected chi connectivity index (χ0v) is 14.9. The lowest BCUT2D eigenvalue weighted by atomic mass is 10.2. The van der Waals surface area contributed by atoms with Crippen LogP contribution in [0.3, 0.4) is 0 Å². The van der Waals surface area contributed by atoms with Crippen LogP contribution in [0.25, 0.3) is 22.4 Å². The Morgan fingerprint density at radius 2 is 2.22 bits per heavy atom. The monoisotopic (exact) mass is 363 g/mol. The zero-order chi connectivity index (χ0) is 18.4. The fourth-order valence-electron chi connectivity index (χ4n) is 3.54. The number of anilines is 1. The number of benzene rings is 1. The molecular formula is C20H21N5O2. The Labute approximate surface area is 156 Å². The van der Waals surface area contributed by atoms with Crippen molar-refractivity contribution in [2.45, 2.75) is 25.8 Å². The minimum atomic E-state index is -0.532. The third-order valence-corrected chi connectivity index (χ3v) is 5.16. The highest BCUT2D eigenvalue weighted by atomic mass is 16.5. The number of primary amides is 1. The highest BCUT2D eigenvalue weighted by Crippen LogP contribution is 2.36. The Morgan fingerprint density at radius 1 is 1.33 bits per heavy atom. The first-order valence-corrected chi connectivity index (χ1v) is 9.36. The molecule has 7 nitrogen and oxygen atoms in total. The van der Waals surface area contributed by atoms with E-state index in [1.807, 2.05) is 6.07 Å². The molecule has 1 fully saturated rings. The van der Waals surface area contributed by atoms with E-state index in [-0.39, 0.29) is 5.69 Å². The second-order valence-electron chi connectivity index (χ2n) is 7.25. The Kier molecular flexibility index (Phi) is 3.74. The summed E-state index contributed by atoms with van der Waals surface area (Å²) in [4.78, 5) is 20.3. The van der Waals surface area contributed by atoms with Crippen molar-refractivity contribution < 1.29 is 9.53 Å². The van der Waals surface area contributed by atoms with Crippen LogP contribution in [-0.2, 0) is 6.54 Å². The third kappa shape index (κ3) is 2.99. The number of pyridine rings is 1. The first kappa shape index (κ1) is 16.1. The van der Waals surface area contributed by atoms with Gasteiger partial charge < -0.3 is 20.4 Å². The molecule has 0 unspecified atom stereocenters. The maximum atomic E-state index is 11.3. The molecule has 3 aromatic rings.